The molecule has 0 aromatic carbocycles. The van der Waals surface area contributed by atoms with Crippen molar-refractivity contribution in [2.45, 2.75) is 19.8 Å². The molecule has 0 saturated heterocycles. The van der Waals surface area contributed by atoms with Crippen molar-refractivity contribution < 1.29 is 0 Å². The molecule has 0 saturated carbocycles. The summed E-state index contributed by atoms with van der Waals surface area (Å²) in [4.78, 5) is 0. The Bertz CT molecular complexity index is 104. The van der Waals surface area contributed by atoms with Gasteiger partial charge in [-0.25, -0.2) is 0 Å². The first kappa shape index (κ1) is 12.0. The fourth-order valence-electron chi connectivity index (χ4n) is 1.06. The van der Waals surface area contributed by atoms with Gasteiger partial charge in [0, 0.05) is 0 Å². The van der Waals surface area contributed by atoms with Gasteiger partial charge in [0.1, 0.15) is 0 Å². The van der Waals surface area contributed by atoms with E-state index in [2.05, 4.69) is 25.1 Å². The number of nitrogens with one attached hydrogen (secondary N) is 1. The van der Waals surface area contributed by atoms with Crippen molar-refractivity contribution in [1.29, 1.82) is 0 Å². The van der Waals surface area contributed by atoms with E-state index in [1.165, 1.54) is 12.2 Å². The van der Waals surface area contributed by atoms with Gasteiger partial charge in [-0.3, -0.25) is 0 Å². The number of rotatable bonds is 8. The van der Waals surface area contributed by atoms with Crippen molar-refractivity contribution in [2.75, 3.05) is 25.1 Å². The maximum absolute atomic E-state index is 3.69. The Hall–Kier alpha value is 0.0500. The number of hydrogen-bond donors (Lipinski definition) is 1. The molecule has 0 aromatic heterocycles. The Morgan fingerprint density at radius 3 is 2.92 bits per heavy atom. The van der Waals surface area contributed by atoms with Gasteiger partial charge in [0.25, 0.3) is 0 Å². The molecule has 0 heterocycles. The second-order valence-electron chi connectivity index (χ2n) is 3.20. The van der Waals surface area contributed by atoms with Crippen LogP contribution in [0.2, 0.25) is 0 Å². The summed E-state index contributed by atoms with van der Waals surface area (Å²) in [6.07, 6.45) is 6.49. The first-order chi connectivity index (χ1) is 5.81. The van der Waals surface area contributed by atoms with Crippen molar-refractivity contribution >= 4 is 11.8 Å². The average molecular weight is 187 g/mol. The predicted octanol–water partition coefficient (Wildman–Crippen LogP) is 2.54. The van der Waals surface area contributed by atoms with E-state index in [9.17, 15) is 0 Å². The molecule has 0 aliphatic carbocycles. The van der Waals surface area contributed by atoms with Crippen LogP contribution in [0.3, 0.4) is 0 Å². The zero-order valence-electron chi connectivity index (χ0n) is 8.31. The molecule has 0 spiro atoms. The van der Waals surface area contributed by atoms with Crippen LogP contribution >= 0.6 is 11.8 Å². The fourth-order valence-corrected chi connectivity index (χ4v) is 1.75. The van der Waals surface area contributed by atoms with Crippen LogP contribution in [-0.4, -0.2) is 25.1 Å². The summed E-state index contributed by atoms with van der Waals surface area (Å²) in [5, 5.41) is 3.44. The molecule has 0 aromatic rings. The molecule has 0 amide bonds. The van der Waals surface area contributed by atoms with Crippen LogP contribution in [0.4, 0.5) is 0 Å². The molecule has 72 valence electrons. The predicted molar refractivity (Wildman–Crippen MR) is 59.8 cm³/mol. The topological polar surface area (TPSA) is 12.0 Å². The van der Waals surface area contributed by atoms with Gasteiger partial charge in [0.05, 0.1) is 0 Å². The first-order valence-corrected chi connectivity index (χ1v) is 6.01. The normalized spacial score (nSPS) is 12.8. The van der Waals surface area contributed by atoms with E-state index in [1.54, 1.807) is 0 Å². The van der Waals surface area contributed by atoms with Gasteiger partial charge >= 0.3 is 0 Å². The van der Waals surface area contributed by atoms with Crippen LogP contribution in [0.1, 0.15) is 19.8 Å². The van der Waals surface area contributed by atoms with Gasteiger partial charge in [0.2, 0.25) is 0 Å². The molecule has 1 nitrogen and oxygen atoms in total. The lowest BCUT2D eigenvalue weighted by Gasteiger charge is -2.10. The van der Waals surface area contributed by atoms with Crippen molar-refractivity contribution in [1.82, 2.24) is 5.32 Å². The summed E-state index contributed by atoms with van der Waals surface area (Å²) in [6, 6.07) is 0. The van der Waals surface area contributed by atoms with Crippen LogP contribution in [0.25, 0.3) is 0 Å². The number of hydrogen-bond acceptors (Lipinski definition) is 2. The van der Waals surface area contributed by atoms with Gasteiger partial charge in [-0.2, -0.15) is 11.8 Å². The van der Waals surface area contributed by atoms with Crippen molar-refractivity contribution in [2.24, 2.45) is 5.92 Å². The third-order valence-corrected chi connectivity index (χ3v) is 2.61. The molecule has 0 aliphatic heterocycles. The van der Waals surface area contributed by atoms with Crippen LogP contribution in [-0.2, 0) is 0 Å². The van der Waals surface area contributed by atoms with E-state index >= 15 is 0 Å². The minimum atomic E-state index is 0.795. The van der Waals surface area contributed by atoms with Crippen LogP contribution in [0.5, 0.6) is 0 Å². The Kier molecular flexibility index (Phi) is 9.18. The number of thioether (sulfide) groups is 1. The Morgan fingerprint density at radius 1 is 1.58 bits per heavy atom. The Morgan fingerprint density at radius 2 is 2.33 bits per heavy atom. The molecule has 2 heteroatoms. The minimum Gasteiger partial charge on any atom is -0.316 e. The molecule has 0 aliphatic rings. The lowest BCUT2D eigenvalue weighted by atomic mass is 10.2. The van der Waals surface area contributed by atoms with E-state index in [0.29, 0.717) is 0 Å². The zero-order chi connectivity index (χ0) is 9.23. The van der Waals surface area contributed by atoms with E-state index in [1.807, 2.05) is 17.8 Å². The quantitative estimate of drug-likeness (QED) is 0.463. The number of allylic oxidation sites excluding steroid dienone is 1. The fraction of sp³-hybridized carbons (Fsp3) is 0.800. The van der Waals surface area contributed by atoms with Crippen molar-refractivity contribution in [3.63, 3.8) is 0 Å². The van der Waals surface area contributed by atoms with Crippen LogP contribution < -0.4 is 5.32 Å². The average Bonchev–Trinajstić information content (AvgIpc) is 2.05. The third kappa shape index (κ3) is 8.15. The second kappa shape index (κ2) is 9.14. The molecule has 12 heavy (non-hydrogen) atoms. The van der Waals surface area contributed by atoms with Crippen LogP contribution in [0, 0.1) is 5.92 Å². The summed E-state index contributed by atoms with van der Waals surface area (Å²) >= 11 is 1.92. The molecule has 0 fully saturated rings. The van der Waals surface area contributed by atoms with Gasteiger partial charge < -0.3 is 5.32 Å². The molecular weight excluding hydrogens is 166 g/mol. The van der Waals surface area contributed by atoms with Gasteiger partial charge in [-0.1, -0.05) is 13.0 Å². The minimum absolute atomic E-state index is 0.795. The lowest BCUT2D eigenvalue weighted by Crippen LogP contribution is -2.23. The smallest absolute Gasteiger partial charge is 0.00153 e. The standard InChI is InChI=1S/C10H21NS/c1-4-5-6-7-11-8-10(2)9-12-3/h4,10-11H,1,5-9H2,2-3H3. The highest BCUT2D eigenvalue weighted by atomic mass is 32.2. The highest BCUT2D eigenvalue weighted by Gasteiger charge is 1.98. The maximum Gasteiger partial charge on any atom is -0.00153 e. The molecule has 1 N–H and O–H groups in total. The van der Waals surface area contributed by atoms with E-state index in [0.717, 1.165) is 25.4 Å². The summed E-state index contributed by atoms with van der Waals surface area (Å²) in [5.74, 6) is 2.05. The van der Waals surface area contributed by atoms with E-state index < -0.39 is 0 Å². The molecule has 0 bridgehead atoms. The first-order valence-electron chi connectivity index (χ1n) is 4.61. The highest BCUT2D eigenvalue weighted by molar-refractivity contribution is 7.98. The molecule has 0 rings (SSSR count). The number of unbranched alkanes of at least 4 members (excludes halogenated alkanes) is 1. The summed E-state index contributed by atoms with van der Waals surface area (Å²) in [6.45, 7) is 8.26. The largest absolute Gasteiger partial charge is 0.316 e. The Labute approximate surface area is 81.0 Å². The summed E-state index contributed by atoms with van der Waals surface area (Å²) < 4.78 is 0. The summed E-state index contributed by atoms with van der Waals surface area (Å²) in [5.41, 5.74) is 0. The van der Waals surface area contributed by atoms with Gasteiger partial charge in [-0.15, -0.1) is 6.58 Å². The van der Waals surface area contributed by atoms with Crippen molar-refractivity contribution in [3.05, 3.63) is 12.7 Å². The Balaban J connectivity index is 3.02. The SMILES string of the molecule is C=CCCCNCC(C)CSC. The molecule has 1 unspecified atom stereocenters. The highest BCUT2D eigenvalue weighted by Crippen LogP contribution is 2.02. The van der Waals surface area contributed by atoms with Gasteiger partial charge in [0.15, 0.2) is 0 Å². The van der Waals surface area contributed by atoms with Crippen LogP contribution in [0.15, 0.2) is 12.7 Å². The monoisotopic (exact) mass is 187 g/mol. The maximum atomic E-state index is 3.69. The molecular formula is C10H21NS. The molecule has 1 atom stereocenters. The third-order valence-electron chi connectivity index (χ3n) is 1.71. The molecule has 0 radical (unpaired) electrons. The van der Waals surface area contributed by atoms with Gasteiger partial charge in [-0.05, 0) is 43.9 Å². The van der Waals surface area contributed by atoms with E-state index in [-0.39, 0.29) is 0 Å². The van der Waals surface area contributed by atoms with Crippen molar-refractivity contribution in [3.8, 4) is 0 Å². The summed E-state index contributed by atoms with van der Waals surface area (Å²) in [7, 11) is 0. The lowest BCUT2D eigenvalue weighted by molar-refractivity contribution is 0.551. The second-order valence-corrected chi connectivity index (χ2v) is 4.11. The zero-order valence-corrected chi connectivity index (χ0v) is 9.12. The van der Waals surface area contributed by atoms with E-state index in [4.69, 9.17) is 0 Å².